The second-order valence-electron chi connectivity index (χ2n) is 4.68. The van der Waals surface area contributed by atoms with E-state index in [1.807, 2.05) is 20.8 Å². The van der Waals surface area contributed by atoms with Crippen molar-refractivity contribution in [2.75, 3.05) is 6.61 Å². The van der Waals surface area contributed by atoms with Crippen molar-refractivity contribution in [3.05, 3.63) is 28.5 Å². The molecule has 1 heterocycles. The Kier molecular flexibility index (Phi) is 4.48. The quantitative estimate of drug-likeness (QED) is 0.668. The van der Waals surface area contributed by atoms with Gasteiger partial charge in [-0.05, 0) is 19.1 Å². The lowest BCUT2D eigenvalue weighted by Crippen LogP contribution is -2.24. The van der Waals surface area contributed by atoms with Crippen LogP contribution in [-0.2, 0) is 10.3 Å². The van der Waals surface area contributed by atoms with Crippen molar-refractivity contribution >= 4 is 17.5 Å². The van der Waals surface area contributed by atoms with Crippen LogP contribution in [0.5, 0.6) is 0 Å². The topological polar surface area (TPSA) is 51.2 Å². The minimum absolute atomic E-state index is 0.161. The maximum Gasteiger partial charge on any atom is 0.275 e. The number of carbonyl (C=O) groups excluding carboxylic acids is 1. The summed E-state index contributed by atoms with van der Waals surface area (Å²) >= 11 is 5.90. The minimum Gasteiger partial charge on any atom is -0.274 e. The highest BCUT2D eigenvalue weighted by Crippen LogP contribution is 2.23. The van der Waals surface area contributed by atoms with Crippen LogP contribution in [0.1, 0.15) is 43.7 Å². The smallest absolute Gasteiger partial charge is 0.274 e. The molecule has 0 spiro atoms. The summed E-state index contributed by atoms with van der Waals surface area (Å²) in [5.74, 6) is -0.318. The molecule has 0 bridgehead atoms. The summed E-state index contributed by atoms with van der Waals surface area (Å²) in [6.45, 7) is 8.23. The molecule has 0 aliphatic rings. The molecule has 0 saturated heterocycles. The molecule has 1 rings (SSSR count). The Hall–Kier alpha value is -1.13. The maximum absolute atomic E-state index is 11.7. The Balaban J connectivity index is 3.01. The third-order valence-corrected chi connectivity index (χ3v) is 2.33. The first-order valence-corrected chi connectivity index (χ1v) is 5.82. The van der Waals surface area contributed by atoms with E-state index < -0.39 is 0 Å². The zero-order valence-electron chi connectivity index (χ0n) is 10.5. The highest BCUT2D eigenvalue weighted by Gasteiger charge is 2.18. The number of pyridine rings is 1. The fraction of sp³-hybridized carbons (Fsp3) is 0.500. The van der Waals surface area contributed by atoms with E-state index in [0.717, 1.165) is 5.69 Å². The van der Waals surface area contributed by atoms with Crippen molar-refractivity contribution in [3.63, 3.8) is 0 Å². The molecular formula is C12H17ClN2O2. The Morgan fingerprint density at radius 2 is 2.12 bits per heavy atom. The molecule has 4 nitrogen and oxygen atoms in total. The van der Waals surface area contributed by atoms with Gasteiger partial charge in [0.1, 0.15) is 5.15 Å². The van der Waals surface area contributed by atoms with Gasteiger partial charge in [-0.1, -0.05) is 32.4 Å². The van der Waals surface area contributed by atoms with Gasteiger partial charge in [0.05, 0.1) is 6.61 Å². The first-order valence-electron chi connectivity index (χ1n) is 5.44. The van der Waals surface area contributed by atoms with Crippen molar-refractivity contribution in [1.82, 2.24) is 10.5 Å². The van der Waals surface area contributed by atoms with E-state index in [1.54, 1.807) is 13.0 Å². The van der Waals surface area contributed by atoms with Crippen LogP contribution in [0.15, 0.2) is 12.1 Å². The van der Waals surface area contributed by atoms with Crippen LogP contribution in [0.4, 0.5) is 0 Å². The number of nitrogens with zero attached hydrogens (tertiary/aromatic N) is 1. The molecule has 0 saturated carbocycles. The molecule has 5 heteroatoms. The molecule has 0 aromatic carbocycles. The van der Waals surface area contributed by atoms with Crippen molar-refractivity contribution < 1.29 is 9.63 Å². The molecule has 0 radical (unpaired) electrons. The van der Waals surface area contributed by atoms with Crippen molar-refractivity contribution in [2.45, 2.75) is 33.1 Å². The summed E-state index contributed by atoms with van der Waals surface area (Å²) in [5.41, 5.74) is 3.39. The molecule has 0 aliphatic carbocycles. The number of carbonyl (C=O) groups is 1. The number of nitrogens with one attached hydrogen (secondary N) is 1. The van der Waals surface area contributed by atoms with Crippen molar-refractivity contribution in [3.8, 4) is 0 Å². The Morgan fingerprint density at radius 3 is 2.65 bits per heavy atom. The van der Waals surface area contributed by atoms with E-state index in [0.29, 0.717) is 17.3 Å². The van der Waals surface area contributed by atoms with Crippen LogP contribution in [0.3, 0.4) is 0 Å². The average molecular weight is 257 g/mol. The lowest BCUT2D eigenvalue weighted by atomic mass is 9.91. The van der Waals surface area contributed by atoms with Gasteiger partial charge in [-0.15, -0.1) is 0 Å². The molecule has 0 aliphatic heterocycles. The van der Waals surface area contributed by atoms with Crippen LogP contribution in [0.2, 0.25) is 5.15 Å². The van der Waals surface area contributed by atoms with E-state index >= 15 is 0 Å². The number of halogens is 1. The Labute approximate surface area is 106 Å². The van der Waals surface area contributed by atoms with Crippen LogP contribution < -0.4 is 5.48 Å². The van der Waals surface area contributed by atoms with Gasteiger partial charge >= 0.3 is 0 Å². The van der Waals surface area contributed by atoms with Gasteiger partial charge in [0, 0.05) is 16.7 Å². The van der Waals surface area contributed by atoms with Gasteiger partial charge in [-0.3, -0.25) is 9.63 Å². The predicted molar refractivity (Wildman–Crippen MR) is 67.0 cm³/mol. The summed E-state index contributed by atoms with van der Waals surface area (Å²) in [4.78, 5) is 20.8. The highest BCUT2D eigenvalue weighted by atomic mass is 35.5. The summed E-state index contributed by atoms with van der Waals surface area (Å²) in [7, 11) is 0. The summed E-state index contributed by atoms with van der Waals surface area (Å²) in [6, 6.07) is 3.24. The average Bonchev–Trinajstić information content (AvgIpc) is 2.23. The zero-order valence-corrected chi connectivity index (χ0v) is 11.3. The molecule has 17 heavy (non-hydrogen) atoms. The Bertz CT molecular complexity index is 413. The van der Waals surface area contributed by atoms with Crippen LogP contribution in [0, 0.1) is 0 Å². The maximum atomic E-state index is 11.7. The number of aromatic nitrogens is 1. The fourth-order valence-electron chi connectivity index (χ4n) is 1.21. The number of hydroxylamine groups is 1. The first kappa shape index (κ1) is 13.9. The second kappa shape index (κ2) is 5.47. The van der Waals surface area contributed by atoms with Gasteiger partial charge in [-0.25, -0.2) is 10.5 Å². The molecule has 0 unspecified atom stereocenters. The number of hydrogen-bond acceptors (Lipinski definition) is 3. The van der Waals surface area contributed by atoms with Crippen LogP contribution in [0.25, 0.3) is 0 Å². The zero-order chi connectivity index (χ0) is 13.1. The van der Waals surface area contributed by atoms with Gasteiger partial charge in [0.15, 0.2) is 0 Å². The molecule has 1 amide bonds. The second-order valence-corrected chi connectivity index (χ2v) is 5.07. The third kappa shape index (κ3) is 3.98. The highest BCUT2D eigenvalue weighted by molar-refractivity contribution is 6.29. The standard InChI is InChI=1S/C12H17ClN2O2/c1-5-17-15-11(16)8-6-9(12(2,3)4)14-10(13)7-8/h6-7H,5H2,1-4H3,(H,15,16). The molecule has 0 fully saturated rings. The van der Waals surface area contributed by atoms with E-state index in [2.05, 4.69) is 10.5 Å². The number of hydrogen-bond donors (Lipinski definition) is 1. The van der Waals surface area contributed by atoms with E-state index in [4.69, 9.17) is 16.4 Å². The third-order valence-electron chi connectivity index (χ3n) is 2.13. The first-order chi connectivity index (χ1) is 7.84. The van der Waals surface area contributed by atoms with E-state index in [-0.39, 0.29) is 11.3 Å². The molecule has 1 aromatic heterocycles. The normalized spacial score (nSPS) is 11.4. The fourth-order valence-corrected chi connectivity index (χ4v) is 1.42. The molecule has 94 valence electrons. The van der Waals surface area contributed by atoms with Gasteiger partial charge in [0.2, 0.25) is 0 Å². The summed E-state index contributed by atoms with van der Waals surface area (Å²) in [6.07, 6.45) is 0. The lowest BCUT2D eigenvalue weighted by molar-refractivity contribution is 0.0364. The largest absolute Gasteiger partial charge is 0.275 e. The van der Waals surface area contributed by atoms with Crippen LogP contribution in [-0.4, -0.2) is 17.5 Å². The summed E-state index contributed by atoms with van der Waals surface area (Å²) in [5, 5.41) is 0.305. The van der Waals surface area contributed by atoms with Crippen molar-refractivity contribution in [2.24, 2.45) is 0 Å². The molecule has 0 atom stereocenters. The van der Waals surface area contributed by atoms with Gasteiger partial charge < -0.3 is 0 Å². The monoisotopic (exact) mass is 256 g/mol. The Morgan fingerprint density at radius 1 is 1.47 bits per heavy atom. The number of amides is 1. The van der Waals surface area contributed by atoms with Gasteiger partial charge in [-0.2, -0.15) is 0 Å². The summed E-state index contributed by atoms with van der Waals surface area (Å²) < 4.78 is 0. The predicted octanol–water partition coefficient (Wildman–Crippen LogP) is 2.71. The molecule has 1 aromatic rings. The molecule has 1 N–H and O–H groups in total. The molecular weight excluding hydrogens is 240 g/mol. The van der Waals surface area contributed by atoms with E-state index in [9.17, 15) is 4.79 Å². The van der Waals surface area contributed by atoms with E-state index in [1.165, 1.54) is 6.07 Å². The van der Waals surface area contributed by atoms with Crippen LogP contribution >= 0.6 is 11.6 Å². The SMILES string of the molecule is CCONC(=O)c1cc(Cl)nc(C(C)(C)C)c1. The number of rotatable bonds is 3. The lowest BCUT2D eigenvalue weighted by Gasteiger charge is -2.18. The van der Waals surface area contributed by atoms with Gasteiger partial charge in [0.25, 0.3) is 5.91 Å². The van der Waals surface area contributed by atoms with Crippen molar-refractivity contribution in [1.29, 1.82) is 0 Å². The minimum atomic E-state index is -0.318.